The van der Waals surface area contributed by atoms with Gasteiger partial charge in [-0.15, -0.1) is 0 Å². The lowest BCUT2D eigenvalue weighted by atomic mass is 10.2. The van der Waals surface area contributed by atoms with Crippen LogP contribution in [0.15, 0.2) is 18.2 Å². The number of benzene rings is 1. The predicted molar refractivity (Wildman–Crippen MR) is 75.8 cm³/mol. The third kappa shape index (κ3) is 5.49. The second-order valence-corrected chi connectivity index (χ2v) is 5.08. The molecule has 0 N–H and O–H groups in total. The number of halogens is 1. The van der Waals surface area contributed by atoms with Crippen LogP contribution >= 0.6 is 11.6 Å². The molecule has 0 fully saturated rings. The van der Waals surface area contributed by atoms with Crippen molar-refractivity contribution in [1.82, 2.24) is 4.90 Å². The van der Waals surface area contributed by atoms with E-state index in [1.807, 2.05) is 25.9 Å². The van der Waals surface area contributed by atoms with E-state index >= 15 is 0 Å². The van der Waals surface area contributed by atoms with Gasteiger partial charge in [-0.1, -0.05) is 11.6 Å². The molecule has 1 aromatic rings. The topological polar surface area (TPSA) is 38.8 Å². The highest BCUT2D eigenvalue weighted by Crippen LogP contribution is 2.22. The van der Waals surface area contributed by atoms with Crippen LogP contribution in [0.2, 0.25) is 5.02 Å². The zero-order chi connectivity index (χ0) is 14.4. The minimum atomic E-state index is -0.637. The summed E-state index contributed by atoms with van der Waals surface area (Å²) >= 11 is 5.86. The monoisotopic (exact) mass is 285 g/mol. The molecule has 1 aromatic carbocycles. The maximum Gasteiger partial charge on any atom is 0.347 e. The number of carbonyl (C=O) groups excluding carboxylic acids is 1. The Kier molecular flexibility index (Phi) is 6.12. The molecular weight excluding hydrogens is 266 g/mol. The first-order chi connectivity index (χ1) is 8.90. The van der Waals surface area contributed by atoms with Crippen LogP contribution in [0.5, 0.6) is 5.75 Å². The van der Waals surface area contributed by atoms with E-state index in [1.54, 1.807) is 25.1 Å². The summed E-state index contributed by atoms with van der Waals surface area (Å²) in [5, 5.41) is 0.645. The summed E-state index contributed by atoms with van der Waals surface area (Å²) in [4.78, 5) is 13.7. The number of hydrogen-bond acceptors (Lipinski definition) is 4. The van der Waals surface area contributed by atoms with Crippen LogP contribution in [0.25, 0.3) is 0 Å². The van der Waals surface area contributed by atoms with Gasteiger partial charge in [0.1, 0.15) is 12.4 Å². The van der Waals surface area contributed by atoms with Gasteiger partial charge in [-0.3, -0.25) is 0 Å². The summed E-state index contributed by atoms with van der Waals surface area (Å²) in [6.45, 7) is 4.61. The molecule has 19 heavy (non-hydrogen) atoms. The van der Waals surface area contributed by atoms with E-state index in [9.17, 15) is 4.79 Å². The van der Waals surface area contributed by atoms with Crippen molar-refractivity contribution in [2.75, 3.05) is 27.2 Å². The maximum atomic E-state index is 11.7. The van der Waals surface area contributed by atoms with Gasteiger partial charge in [0, 0.05) is 11.6 Å². The van der Waals surface area contributed by atoms with E-state index < -0.39 is 6.10 Å². The van der Waals surface area contributed by atoms with Crippen molar-refractivity contribution in [1.29, 1.82) is 0 Å². The third-order valence-electron chi connectivity index (χ3n) is 2.56. The van der Waals surface area contributed by atoms with Crippen LogP contribution in [0.3, 0.4) is 0 Å². The molecular formula is C14H20ClNO3. The molecule has 0 bridgehead atoms. The molecule has 106 valence electrons. The maximum absolute atomic E-state index is 11.7. The Morgan fingerprint density at radius 3 is 2.68 bits per heavy atom. The standard InChI is InChI=1S/C14H20ClNO3/c1-10-9-12(15)5-6-13(10)19-11(2)14(17)18-8-7-16(3)4/h5-6,9,11H,7-8H2,1-4H3. The average Bonchev–Trinajstić information content (AvgIpc) is 2.32. The van der Waals surface area contributed by atoms with Gasteiger partial charge in [0.2, 0.25) is 0 Å². The highest BCUT2D eigenvalue weighted by Gasteiger charge is 2.17. The van der Waals surface area contributed by atoms with Crippen molar-refractivity contribution in [2.45, 2.75) is 20.0 Å². The highest BCUT2D eigenvalue weighted by atomic mass is 35.5. The van der Waals surface area contributed by atoms with Crippen LogP contribution in [-0.2, 0) is 9.53 Å². The van der Waals surface area contributed by atoms with Crippen molar-refractivity contribution in [2.24, 2.45) is 0 Å². The van der Waals surface area contributed by atoms with E-state index in [1.165, 1.54) is 0 Å². The van der Waals surface area contributed by atoms with Gasteiger partial charge < -0.3 is 14.4 Å². The number of nitrogens with zero attached hydrogens (tertiary/aromatic N) is 1. The second kappa shape index (κ2) is 7.36. The lowest BCUT2D eigenvalue weighted by Gasteiger charge is -2.16. The first kappa shape index (κ1) is 15.8. The largest absolute Gasteiger partial charge is 0.479 e. The Hall–Kier alpha value is -1.26. The predicted octanol–water partition coefficient (Wildman–Crippen LogP) is 2.52. The van der Waals surface area contributed by atoms with Crippen LogP contribution in [0.1, 0.15) is 12.5 Å². The van der Waals surface area contributed by atoms with E-state index in [-0.39, 0.29) is 5.97 Å². The number of esters is 1. The fraction of sp³-hybridized carbons (Fsp3) is 0.500. The van der Waals surface area contributed by atoms with Gasteiger partial charge in [0.25, 0.3) is 0 Å². The van der Waals surface area contributed by atoms with Crippen LogP contribution < -0.4 is 4.74 Å². The Balaban J connectivity index is 2.49. The first-order valence-electron chi connectivity index (χ1n) is 6.14. The zero-order valence-electron chi connectivity index (χ0n) is 11.8. The van der Waals surface area contributed by atoms with Gasteiger partial charge >= 0.3 is 5.97 Å². The lowest BCUT2D eigenvalue weighted by Crippen LogP contribution is -2.29. The molecule has 4 nitrogen and oxygen atoms in total. The summed E-state index contributed by atoms with van der Waals surface area (Å²) in [6, 6.07) is 5.27. The number of aryl methyl sites for hydroxylation is 1. The Morgan fingerprint density at radius 1 is 1.42 bits per heavy atom. The van der Waals surface area contributed by atoms with Crippen LogP contribution in [0.4, 0.5) is 0 Å². The van der Waals surface area contributed by atoms with E-state index in [4.69, 9.17) is 21.1 Å². The molecule has 0 saturated carbocycles. The highest BCUT2D eigenvalue weighted by molar-refractivity contribution is 6.30. The van der Waals surface area contributed by atoms with Gasteiger partial charge in [-0.05, 0) is 51.7 Å². The van der Waals surface area contributed by atoms with E-state index in [0.29, 0.717) is 23.9 Å². The molecule has 0 radical (unpaired) electrons. The minimum absolute atomic E-state index is 0.360. The Labute approximate surface area is 119 Å². The van der Waals surface area contributed by atoms with Crippen molar-refractivity contribution >= 4 is 17.6 Å². The zero-order valence-corrected chi connectivity index (χ0v) is 12.5. The number of hydrogen-bond donors (Lipinski definition) is 0. The summed E-state index contributed by atoms with van der Waals surface area (Å²) in [5.74, 6) is 0.276. The van der Waals surface area contributed by atoms with Crippen LogP contribution in [0, 0.1) is 6.92 Å². The molecule has 0 saturated heterocycles. The molecule has 1 rings (SSSR count). The van der Waals surface area contributed by atoms with E-state index in [0.717, 1.165) is 5.56 Å². The third-order valence-corrected chi connectivity index (χ3v) is 2.79. The SMILES string of the molecule is Cc1cc(Cl)ccc1OC(C)C(=O)OCCN(C)C. The number of rotatable bonds is 6. The molecule has 0 amide bonds. The molecule has 1 atom stereocenters. The number of ether oxygens (including phenoxy) is 2. The summed E-state index contributed by atoms with van der Waals surface area (Å²) in [6.07, 6.45) is -0.637. The fourth-order valence-corrected chi connectivity index (χ4v) is 1.66. The number of carbonyl (C=O) groups is 1. The van der Waals surface area contributed by atoms with Crippen molar-refractivity contribution < 1.29 is 14.3 Å². The molecule has 0 aliphatic carbocycles. The van der Waals surface area contributed by atoms with Gasteiger partial charge in [-0.25, -0.2) is 4.79 Å². The normalized spacial score (nSPS) is 12.3. The van der Waals surface area contributed by atoms with Gasteiger partial charge in [-0.2, -0.15) is 0 Å². The molecule has 0 aliphatic rings. The van der Waals surface area contributed by atoms with Gasteiger partial charge in [0.15, 0.2) is 6.10 Å². The van der Waals surface area contributed by atoms with Crippen LogP contribution in [-0.4, -0.2) is 44.2 Å². The molecule has 0 spiro atoms. The lowest BCUT2D eigenvalue weighted by molar-refractivity contribution is -0.151. The Bertz CT molecular complexity index is 435. The van der Waals surface area contributed by atoms with Crippen molar-refractivity contribution in [3.63, 3.8) is 0 Å². The molecule has 0 aliphatic heterocycles. The smallest absolute Gasteiger partial charge is 0.347 e. The number of likely N-dealkylation sites (N-methyl/N-ethyl adjacent to an activating group) is 1. The first-order valence-corrected chi connectivity index (χ1v) is 6.52. The molecule has 1 unspecified atom stereocenters. The average molecular weight is 286 g/mol. The summed E-state index contributed by atoms with van der Waals surface area (Å²) in [7, 11) is 3.84. The summed E-state index contributed by atoms with van der Waals surface area (Å²) in [5.41, 5.74) is 0.889. The molecule has 5 heteroatoms. The quantitative estimate of drug-likeness (QED) is 0.753. The van der Waals surface area contributed by atoms with Crippen molar-refractivity contribution in [3.05, 3.63) is 28.8 Å². The Morgan fingerprint density at radius 2 is 2.11 bits per heavy atom. The molecule has 0 aromatic heterocycles. The van der Waals surface area contributed by atoms with Gasteiger partial charge in [0.05, 0.1) is 0 Å². The molecule has 0 heterocycles. The fourth-order valence-electron chi connectivity index (χ4n) is 1.43. The summed E-state index contributed by atoms with van der Waals surface area (Å²) < 4.78 is 10.7. The van der Waals surface area contributed by atoms with Crippen molar-refractivity contribution in [3.8, 4) is 5.75 Å². The van der Waals surface area contributed by atoms with E-state index in [2.05, 4.69) is 0 Å². The minimum Gasteiger partial charge on any atom is -0.479 e. The second-order valence-electron chi connectivity index (χ2n) is 4.64.